The SMILES string of the molecule is CC(=O)O[C@]1(c2ccccc2)CC[C@H](N(C)C)CC1. The summed E-state index contributed by atoms with van der Waals surface area (Å²) in [7, 11) is 4.23. The largest absolute Gasteiger partial charge is 0.454 e. The van der Waals surface area contributed by atoms with Crippen LogP contribution < -0.4 is 0 Å². The van der Waals surface area contributed by atoms with Gasteiger partial charge in [0, 0.05) is 13.0 Å². The predicted molar refractivity (Wildman–Crippen MR) is 75.8 cm³/mol. The van der Waals surface area contributed by atoms with E-state index in [-0.39, 0.29) is 5.97 Å². The van der Waals surface area contributed by atoms with Crippen molar-refractivity contribution in [1.82, 2.24) is 4.90 Å². The second kappa shape index (κ2) is 5.74. The highest BCUT2D eigenvalue weighted by molar-refractivity contribution is 5.66. The maximum absolute atomic E-state index is 11.5. The fraction of sp³-hybridized carbons (Fsp3) is 0.562. The molecule has 3 nitrogen and oxygen atoms in total. The summed E-state index contributed by atoms with van der Waals surface area (Å²) in [6, 6.07) is 10.7. The van der Waals surface area contributed by atoms with Crippen molar-refractivity contribution in [3.63, 3.8) is 0 Å². The standard InChI is InChI=1S/C16H23NO2/c1-13(18)19-16(14-7-5-4-6-8-14)11-9-15(10-12-16)17(2)3/h4-8,15H,9-12H2,1-3H3/t15-,16+. The summed E-state index contributed by atoms with van der Waals surface area (Å²) in [4.78, 5) is 13.7. The molecule has 0 atom stereocenters. The van der Waals surface area contributed by atoms with Crippen LogP contribution in [0.4, 0.5) is 0 Å². The van der Waals surface area contributed by atoms with Crippen LogP contribution in [0.5, 0.6) is 0 Å². The Morgan fingerprint density at radius 2 is 1.79 bits per heavy atom. The van der Waals surface area contributed by atoms with Gasteiger partial charge in [-0.05, 0) is 45.3 Å². The average molecular weight is 261 g/mol. The van der Waals surface area contributed by atoms with Crippen LogP contribution in [0.2, 0.25) is 0 Å². The molecule has 0 saturated heterocycles. The summed E-state index contributed by atoms with van der Waals surface area (Å²) in [5, 5.41) is 0. The highest BCUT2D eigenvalue weighted by Crippen LogP contribution is 2.41. The summed E-state index contributed by atoms with van der Waals surface area (Å²) in [5.74, 6) is -0.188. The Morgan fingerprint density at radius 3 is 2.26 bits per heavy atom. The molecule has 0 N–H and O–H groups in total. The van der Waals surface area contributed by atoms with Crippen molar-refractivity contribution < 1.29 is 9.53 Å². The molecule has 1 aliphatic rings. The van der Waals surface area contributed by atoms with E-state index in [1.54, 1.807) is 0 Å². The van der Waals surface area contributed by atoms with Gasteiger partial charge >= 0.3 is 5.97 Å². The lowest BCUT2D eigenvalue weighted by atomic mass is 9.77. The highest BCUT2D eigenvalue weighted by atomic mass is 16.6. The summed E-state index contributed by atoms with van der Waals surface area (Å²) in [5.41, 5.74) is 0.710. The molecule has 1 fully saturated rings. The van der Waals surface area contributed by atoms with Gasteiger partial charge in [0.1, 0.15) is 5.60 Å². The molecule has 104 valence electrons. The van der Waals surface area contributed by atoms with Gasteiger partial charge in [-0.3, -0.25) is 4.79 Å². The molecule has 2 rings (SSSR count). The average Bonchev–Trinajstić information content (AvgIpc) is 2.39. The summed E-state index contributed by atoms with van der Waals surface area (Å²) in [6.07, 6.45) is 3.93. The Balaban J connectivity index is 2.21. The summed E-state index contributed by atoms with van der Waals surface area (Å²) < 4.78 is 5.74. The summed E-state index contributed by atoms with van der Waals surface area (Å²) >= 11 is 0. The van der Waals surface area contributed by atoms with E-state index in [9.17, 15) is 4.79 Å². The Kier molecular flexibility index (Phi) is 4.25. The van der Waals surface area contributed by atoms with Gasteiger partial charge < -0.3 is 9.64 Å². The van der Waals surface area contributed by atoms with E-state index in [1.165, 1.54) is 6.92 Å². The number of rotatable bonds is 3. The first-order chi connectivity index (χ1) is 9.03. The Bertz CT molecular complexity index is 420. The Hall–Kier alpha value is -1.35. The van der Waals surface area contributed by atoms with E-state index in [0.29, 0.717) is 6.04 Å². The maximum atomic E-state index is 11.5. The van der Waals surface area contributed by atoms with Gasteiger partial charge in [-0.2, -0.15) is 0 Å². The third-order valence-corrected chi connectivity index (χ3v) is 4.13. The first kappa shape index (κ1) is 14.1. The second-order valence-corrected chi connectivity index (χ2v) is 5.65. The molecule has 1 aromatic rings. The molecule has 1 aliphatic carbocycles. The molecule has 0 bridgehead atoms. The zero-order valence-corrected chi connectivity index (χ0v) is 12.1. The molecule has 1 aromatic carbocycles. The van der Waals surface area contributed by atoms with Crippen molar-refractivity contribution in [2.24, 2.45) is 0 Å². The molecule has 3 heteroatoms. The first-order valence-electron chi connectivity index (χ1n) is 6.95. The number of ether oxygens (including phenoxy) is 1. The molecule has 0 unspecified atom stereocenters. The van der Waals surface area contributed by atoms with E-state index in [0.717, 1.165) is 31.2 Å². The van der Waals surface area contributed by atoms with Gasteiger partial charge in [-0.25, -0.2) is 0 Å². The molecule has 0 aromatic heterocycles. The van der Waals surface area contributed by atoms with Crippen LogP contribution in [0.3, 0.4) is 0 Å². The van der Waals surface area contributed by atoms with Crippen LogP contribution >= 0.6 is 0 Å². The van der Waals surface area contributed by atoms with Crippen molar-refractivity contribution in [2.75, 3.05) is 14.1 Å². The van der Waals surface area contributed by atoms with Crippen LogP contribution in [-0.4, -0.2) is 31.0 Å². The smallest absolute Gasteiger partial charge is 0.303 e. The van der Waals surface area contributed by atoms with Gasteiger partial charge in [0.05, 0.1) is 0 Å². The van der Waals surface area contributed by atoms with Crippen molar-refractivity contribution in [2.45, 2.75) is 44.2 Å². The Labute approximate surface area is 115 Å². The first-order valence-corrected chi connectivity index (χ1v) is 6.95. The Morgan fingerprint density at radius 1 is 1.21 bits per heavy atom. The molecule has 19 heavy (non-hydrogen) atoms. The minimum absolute atomic E-state index is 0.188. The van der Waals surface area contributed by atoms with Crippen molar-refractivity contribution in [3.05, 3.63) is 35.9 Å². The van der Waals surface area contributed by atoms with Crippen LogP contribution in [0.25, 0.3) is 0 Å². The lowest BCUT2D eigenvalue weighted by Crippen LogP contribution is -2.41. The maximum Gasteiger partial charge on any atom is 0.303 e. The molecular formula is C16H23NO2. The van der Waals surface area contributed by atoms with Gasteiger partial charge in [-0.15, -0.1) is 0 Å². The van der Waals surface area contributed by atoms with E-state index in [1.807, 2.05) is 18.2 Å². The quantitative estimate of drug-likeness (QED) is 0.783. The number of nitrogens with zero attached hydrogens (tertiary/aromatic N) is 1. The molecule has 0 radical (unpaired) electrons. The lowest BCUT2D eigenvalue weighted by molar-refractivity contribution is -0.163. The van der Waals surface area contributed by atoms with Crippen LogP contribution in [0.15, 0.2) is 30.3 Å². The number of carbonyl (C=O) groups is 1. The summed E-state index contributed by atoms with van der Waals surface area (Å²) in [6.45, 7) is 1.50. The van der Waals surface area contributed by atoms with Crippen molar-refractivity contribution in [1.29, 1.82) is 0 Å². The van der Waals surface area contributed by atoms with Crippen molar-refractivity contribution in [3.8, 4) is 0 Å². The van der Waals surface area contributed by atoms with Gasteiger partial charge in [0.25, 0.3) is 0 Å². The molecule has 0 spiro atoms. The van der Waals surface area contributed by atoms with Crippen molar-refractivity contribution >= 4 is 5.97 Å². The zero-order valence-electron chi connectivity index (χ0n) is 12.1. The van der Waals surface area contributed by atoms with E-state index in [4.69, 9.17) is 4.74 Å². The van der Waals surface area contributed by atoms with Gasteiger partial charge in [0.15, 0.2) is 0 Å². The second-order valence-electron chi connectivity index (χ2n) is 5.65. The van der Waals surface area contributed by atoms with Gasteiger partial charge in [0.2, 0.25) is 0 Å². The number of esters is 1. The fourth-order valence-electron chi connectivity index (χ4n) is 3.05. The fourth-order valence-corrected chi connectivity index (χ4v) is 3.05. The monoisotopic (exact) mass is 261 g/mol. The van der Waals surface area contributed by atoms with E-state index < -0.39 is 5.60 Å². The number of hydrogen-bond donors (Lipinski definition) is 0. The van der Waals surface area contributed by atoms with E-state index >= 15 is 0 Å². The number of hydrogen-bond acceptors (Lipinski definition) is 3. The van der Waals surface area contributed by atoms with Crippen LogP contribution in [-0.2, 0) is 15.1 Å². The minimum Gasteiger partial charge on any atom is -0.454 e. The molecule has 1 saturated carbocycles. The number of carbonyl (C=O) groups excluding carboxylic acids is 1. The topological polar surface area (TPSA) is 29.5 Å². The molecule has 0 heterocycles. The molecule has 0 amide bonds. The third-order valence-electron chi connectivity index (χ3n) is 4.13. The van der Waals surface area contributed by atoms with Gasteiger partial charge in [-0.1, -0.05) is 30.3 Å². The normalized spacial score (nSPS) is 27.3. The zero-order chi connectivity index (χ0) is 13.9. The van der Waals surface area contributed by atoms with Crippen LogP contribution in [0.1, 0.15) is 38.2 Å². The minimum atomic E-state index is -0.417. The van der Waals surface area contributed by atoms with Crippen LogP contribution in [0, 0.1) is 0 Å². The predicted octanol–water partition coefficient (Wildman–Crippen LogP) is 2.95. The molecule has 0 aliphatic heterocycles. The third kappa shape index (κ3) is 3.16. The highest BCUT2D eigenvalue weighted by Gasteiger charge is 2.40. The number of benzene rings is 1. The van der Waals surface area contributed by atoms with E-state index in [2.05, 4.69) is 31.1 Å². The lowest BCUT2D eigenvalue weighted by Gasteiger charge is -2.41. The molecular weight excluding hydrogens is 238 g/mol.